The highest BCUT2D eigenvalue weighted by atomic mass is 16.1. The summed E-state index contributed by atoms with van der Waals surface area (Å²) >= 11 is 0. The van der Waals surface area contributed by atoms with Crippen molar-refractivity contribution in [3.05, 3.63) is 92.8 Å². The first-order chi connectivity index (χ1) is 15.3. The second-order valence-electron chi connectivity index (χ2n) is 7.88. The number of rotatable bonds is 4. The summed E-state index contributed by atoms with van der Waals surface area (Å²) in [5.74, 6) is 0.445. The Morgan fingerprint density at radius 3 is 2.50 bits per heavy atom. The van der Waals surface area contributed by atoms with Crippen molar-refractivity contribution in [3.8, 4) is 5.69 Å². The molecule has 0 bridgehead atoms. The van der Waals surface area contributed by atoms with Crippen LogP contribution in [0.4, 0.5) is 17.5 Å². The molecule has 0 aliphatic heterocycles. The number of fused-ring (bicyclic) bond motifs is 1. The molecule has 7 heteroatoms. The van der Waals surface area contributed by atoms with Crippen LogP contribution < -0.4 is 16.6 Å². The van der Waals surface area contributed by atoms with Crippen molar-refractivity contribution in [2.75, 3.05) is 11.1 Å². The number of hydrogen-bond donors (Lipinski definition) is 2. The predicted molar refractivity (Wildman–Crippen MR) is 129 cm³/mol. The average Bonchev–Trinajstić information content (AvgIpc) is 2.74. The molecule has 4 aromatic rings. The lowest BCUT2D eigenvalue weighted by atomic mass is 10.0. The van der Waals surface area contributed by atoms with E-state index in [1.807, 2.05) is 69.3 Å². The summed E-state index contributed by atoms with van der Waals surface area (Å²) in [7, 11) is 0. The summed E-state index contributed by atoms with van der Waals surface area (Å²) in [6, 6.07) is 15.3. The Labute approximate surface area is 186 Å². The molecule has 2 heterocycles. The van der Waals surface area contributed by atoms with Crippen LogP contribution in [0.3, 0.4) is 0 Å². The van der Waals surface area contributed by atoms with Crippen molar-refractivity contribution in [1.29, 1.82) is 0 Å². The topological polar surface area (TPSA) is 90.2 Å². The maximum absolute atomic E-state index is 13.8. The van der Waals surface area contributed by atoms with Crippen LogP contribution in [0, 0.1) is 27.3 Å². The van der Waals surface area contributed by atoms with Crippen LogP contribution in [0.5, 0.6) is 0 Å². The summed E-state index contributed by atoms with van der Waals surface area (Å²) in [6.07, 6.45) is 0. The number of para-hydroxylation sites is 1. The second-order valence-corrected chi connectivity index (χ2v) is 7.88. The minimum Gasteiger partial charge on any atom is -0.371 e. The standard InChI is InChI=1S/C25H24N6O/c1-14-9-6-7-12-19(14)31-20(13-18-11-8-10-15(2)21(18)24(31)32)16(3)28-23-22(27-5)17(4)29-25(26)30-23/h6-13,16H,1-4H3,(H3,26,28,29,30)/t16-/m0/s1. The van der Waals surface area contributed by atoms with E-state index in [2.05, 4.69) is 20.1 Å². The molecule has 7 nitrogen and oxygen atoms in total. The third kappa shape index (κ3) is 3.56. The number of anilines is 2. The van der Waals surface area contributed by atoms with E-state index in [0.717, 1.165) is 27.9 Å². The summed E-state index contributed by atoms with van der Waals surface area (Å²) in [6.45, 7) is 15.1. The highest BCUT2D eigenvalue weighted by molar-refractivity contribution is 5.85. The van der Waals surface area contributed by atoms with Gasteiger partial charge in [-0.25, -0.2) is 14.8 Å². The van der Waals surface area contributed by atoms with E-state index in [1.165, 1.54) is 0 Å². The normalized spacial score (nSPS) is 11.8. The molecule has 2 aromatic carbocycles. The van der Waals surface area contributed by atoms with Gasteiger partial charge in [-0.15, -0.1) is 0 Å². The van der Waals surface area contributed by atoms with E-state index in [0.29, 0.717) is 22.6 Å². The van der Waals surface area contributed by atoms with Gasteiger partial charge in [-0.2, -0.15) is 0 Å². The molecule has 160 valence electrons. The number of nitrogens with zero attached hydrogens (tertiary/aromatic N) is 4. The summed E-state index contributed by atoms with van der Waals surface area (Å²) in [5, 5.41) is 4.85. The zero-order valence-corrected chi connectivity index (χ0v) is 18.5. The van der Waals surface area contributed by atoms with Gasteiger partial charge in [-0.1, -0.05) is 36.4 Å². The molecule has 0 aliphatic carbocycles. The molecule has 2 aromatic heterocycles. The van der Waals surface area contributed by atoms with E-state index in [4.69, 9.17) is 12.3 Å². The van der Waals surface area contributed by atoms with Crippen molar-refractivity contribution in [3.63, 3.8) is 0 Å². The lowest BCUT2D eigenvalue weighted by Crippen LogP contribution is -2.26. The van der Waals surface area contributed by atoms with Gasteiger partial charge in [0.05, 0.1) is 29.4 Å². The maximum atomic E-state index is 13.8. The van der Waals surface area contributed by atoms with Crippen LogP contribution >= 0.6 is 0 Å². The fraction of sp³-hybridized carbons (Fsp3) is 0.200. The van der Waals surface area contributed by atoms with E-state index < -0.39 is 0 Å². The number of nitrogens with one attached hydrogen (secondary N) is 1. The molecule has 0 saturated carbocycles. The molecule has 0 aliphatic rings. The van der Waals surface area contributed by atoms with Crippen LogP contribution in [0.15, 0.2) is 53.3 Å². The van der Waals surface area contributed by atoms with Gasteiger partial charge < -0.3 is 11.1 Å². The lowest BCUT2D eigenvalue weighted by Gasteiger charge is -2.23. The Morgan fingerprint density at radius 2 is 1.78 bits per heavy atom. The number of pyridine rings is 1. The largest absolute Gasteiger partial charge is 0.371 e. The third-order valence-electron chi connectivity index (χ3n) is 5.62. The second kappa shape index (κ2) is 8.16. The Hall–Kier alpha value is -4.18. The Balaban J connectivity index is 1.97. The van der Waals surface area contributed by atoms with Crippen molar-refractivity contribution in [2.45, 2.75) is 33.7 Å². The van der Waals surface area contributed by atoms with Gasteiger partial charge in [-0.05, 0) is 56.3 Å². The Kier molecular flexibility index (Phi) is 5.37. The first-order valence-electron chi connectivity index (χ1n) is 10.3. The molecule has 0 fully saturated rings. The first-order valence-corrected chi connectivity index (χ1v) is 10.3. The molecule has 1 atom stereocenters. The van der Waals surface area contributed by atoms with Gasteiger partial charge in [0, 0.05) is 5.69 Å². The van der Waals surface area contributed by atoms with Gasteiger partial charge in [0.25, 0.3) is 5.56 Å². The van der Waals surface area contributed by atoms with E-state index in [1.54, 1.807) is 11.5 Å². The zero-order chi connectivity index (χ0) is 23.0. The molecular formula is C25H24N6O. The molecule has 0 radical (unpaired) electrons. The zero-order valence-electron chi connectivity index (χ0n) is 18.5. The van der Waals surface area contributed by atoms with Crippen LogP contribution in [0.25, 0.3) is 21.3 Å². The minimum atomic E-state index is -0.346. The molecule has 4 rings (SSSR count). The summed E-state index contributed by atoms with van der Waals surface area (Å²) in [5.41, 5.74) is 10.1. The predicted octanol–water partition coefficient (Wildman–Crippen LogP) is 5.01. The number of nitrogens with two attached hydrogens (primary N) is 1. The summed E-state index contributed by atoms with van der Waals surface area (Å²) in [4.78, 5) is 25.6. The number of aryl methyl sites for hydroxylation is 3. The van der Waals surface area contributed by atoms with Crippen molar-refractivity contribution in [1.82, 2.24) is 14.5 Å². The fourth-order valence-corrected chi connectivity index (χ4v) is 4.04. The van der Waals surface area contributed by atoms with E-state index in [-0.39, 0.29) is 17.5 Å². The van der Waals surface area contributed by atoms with Gasteiger partial charge in [0.15, 0.2) is 0 Å². The fourth-order valence-electron chi connectivity index (χ4n) is 4.04. The van der Waals surface area contributed by atoms with Crippen molar-refractivity contribution >= 4 is 28.2 Å². The van der Waals surface area contributed by atoms with Crippen molar-refractivity contribution < 1.29 is 0 Å². The SMILES string of the molecule is [C-]#[N+]c1c(C)nc(N)nc1N[C@@H](C)c1cc2cccc(C)c2c(=O)n1-c1ccccc1C. The van der Waals surface area contributed by atoms with E-state index in [9.17, 15) is 4.79 Å². The van der Waals surface area contributed by atoms with Crippen LogP contribution in [0.2, 0.25) is 0 Å². The van der Waals surface area contributed by atoms with Crippen LogP contribution in [0.1, 0.15) is 35.5 Å². The summed E-state index contributed by atoms with van der Waals surface area (Å²) < 4.78 is 1.75. The number of nitrogen functional groups attached to an aromatic ring is 1. The maximum Gasteiger partial charge on any atom is 0.263 e. The first kappa shape index (κ1) is 21.1. The van der Waals surface area contributed by atoms with E-state index >= 15 is 0 Å². The molecule has 0 spiro atoms. The van der Waals surface area contributed by atoms with Gasteiger partial charge in [-0.3, -0.25) is 9.36 Å². The van der Waals surface area contributed by atoms with Gasteiger partial charge in [0.1, 0.15) is 5.82 Å². The number of aromatic nitrogens is 3. The molecule has 0 unspecified atom stereocenters. The number of hydrogen-bond acceptors (Lipinski definition) is 5. The smallest absolute Gasteiger partial charge is 0.263 e. The Morgan fingerprint density at radius 1 is 1.06 bits per heavy atom. The monoisotopic (exact) mass is 424 g/mol. The molecule has 32 heavy (non-hydrogen) atoms. The molecule has 0 amide bonds. The van der Waals surface area contributed by atoms with Gasteiger partial charge in [0.2, 0.25) is 11.6 Å². The third-order valence-corrected chi connectivity index (χ3v) is 5.62. The van der Waals surface area contributed by atoms with Crippen LogP contribution in [-0.2, 0) is 0 Å². The molecular weight excluding hydrogens is 400 g/mol. The Bertz CT molecular complexity index is 1450. The minimum absolute atomic E-state index is 0.0812. The molecule has 0 saturated heterocycles. The molecule has 3 N–H and O–H groups in total. The average molecular weight is 425 g/mol. The lowest BCUT2D eigenvalue weighted by molar-refractivity contribution is 0.771. The number of benzene rings is 2. The van der Waals surface area contributed by atoms with Crippen molar-refractivity contribution in [2.24, 2.45) is 0 Å². The highest BCUT2D eigenvalue weighted by Gasteiger charge is 2.20. The highest BCUT2D eigenvalue weighted by Crippen LogP contribution is 2.31. The quantitative estimate of drug-likeness (QED) is 0.449. The van der Waals surface area contributed by atoms with Crippen LogP contribution in [-0.4, -0.2) is 14.5 Å². The van der Waals surface area contributed by atoms with Gasteiger partial charge >= 0.3 is 0 Å².